The molecule has 0 aromatic heterocycles. The van der Waals surface area contributed by atoms with Crippen LogP contribution in [0.1, 0.15) is 27.7 Å². The standard InChI is InChI=1S/C11H24O4/c1-8(2)11(13)7-15-10(4)6-14-9(3)5-12/h8-13H,5-7H2,1-4H3. The van der Waals surface area contributed by atoms with Crippen molar-refractivity contribution in [3.05, 3.63) is 0 Å². The van der Waals surface area contributed by atoms with Gasteiger partial charge >= 0.3 is 0 Å². The van der Waals surface area contributed by atoms with E-state index in [-0.39, 0.29) is 24.7 Å². The molecular weight excluding hydrogens is 196 g/mol. The second-order valence-corrected chi connectivity index (χ2v) is 4.28. The molecule has 0 fully saturated rings. The molecule has 4 nitrogen and oxygen atoms in total. The van der Waals surface area contributed by atoms with Crippen LogP contribution < -0.4 is 0 Å². The molecular formula is C11H24O4. The van der Waals surface area contributed by atoms with Crippen LogP contribution in [0.25, 0.3) is 0 Å². The Kier molecular flexibility index (Phi) is 7.96. The predicted molar refractivity (Wildman–Crippen MR) is 58.8 cm³/mol. The lowest BCUT2D eigenvalue weighted by molar-refractivity contribution is -0.0710. The Morgan fingerprint density at radius 2 is 1.47 bits per heavy atom. The summed E-state index contributed by atoms with van der Waals surface area (Å²) >= 11 is 0. The third-order valence-corrected chi connectivity index (χ3v) is 2.19. The number of ether oxygens (including phenoxy) is 2. The summed E-state index contributed by atoms with van der Waals surface area (Å²) in [5.74, 6) is 0.203. The summed E-state index contributed by atoms with van der Waals surface area (Å²) in [5.41, 5.74) is 0. The highest BCUT2D eigenvalue weighted by Gasteiger charge is 2.12. The van der Waals surface area contributed by atoms with Crippen molar-refractivity contribution >= 4 is 0 Å². The molecule has 0 aliphatic carbocycles. The first kappa shape index (κ1) is 14.8. The van der Waals surface area contributed by atoms with Gasteiger partial charge in [-0.3, -0.25) is 0 Å². The van der Waals surface area contributed by atoms with Gasteiger partial charge in [-0.1, -0.05) is 13.8 Å². The van der Waals surface area contributed by atoms with Crippen molar-refractivity contribution < 1.29 is 19.7 Å². The summed E-state index contributed by atoms with van der Waals surface area (Å²) < 4.78 is 10.7. The molecule has 3 atom stereocenters. The van der Waals surface area contributed by atoms with Crippen LogP contribution in [-0.4, -0.2) is 48.3 Å². The smallest absolute Gasteiger partial charge is 0.0796 e. The van der Waals surface area contributed by atoms with E-state index in [1.807, 2.05) is 20.8 Å². The predicted octanol–water partition coefficient (Wildman–Crippen LogP) is 0.806. The zero-order chi connectivity index (χ0) is 11.8. The fraction of sp³-hybridized carbons (Fsp3) is 1.00. The maximum absolute atomic E-state index is 9.49. The van der Waals surface area contributed by atoms with E-state index in [9.17, 15) is 5.11 Å². The summed E-state index contributed by atoms with van der Waals surface area (Å²) in [6, 6.07) is 0. The first-order valence-electron chi connectivity index (χ1n) is 5.49. The Balaban J connectivity index is 3.52. The maximum Gasteiger partial charge on any atom is 0.0796 e. The van der Waals surface area contributed by atoms with Gasteiger partial charge in [0.1, 0.15) is 0 Å². The molecule has 3 unspecified atom stereocenters. The van der Waals surface area contributed by atoms with E-state index in [0.29, 0.717) is 13.2 Å². The van der Waals surface area contributed by atoms with E-state index >= 15 is 0 Å². The highest BCUT2D eigenvalue weighted by atomic mass is 16.5. The molecule has 0 radical (unpaired) electrons. The van der Waals surface area contributed by atoms with E-state index in [1.165, 1.54) is 0 Å². The SMILES string of the molecule is CC(CO)OCC(C)OCC(O)C(C)C. The fourth-order valence-electron chi connectivity index (χ4n) is 0.856. The molecule has 0 aromatic carbocycles. The van der Waals surface area contributed by atoms with Crippen LogP contribution in [0, 0.1) is 5.92 Å². The maximum atomic E-state index is 9.49. The van der Waals surface area contributed by atoms with Gasteiger partial charge in [0.05, 0.1) is 38.1 Å². The minimum absolute atomic E-state index is 0.0152. The summed E-state index contributed by atoms with van der Waals surface area (Å²) in [5, 5.41) is 18.2. The van der Waals surface area contributed by atoms with Crippen LogP contribution >= 0.6 is 0 Å². The summed E-state index contributed by atoms with van der Waals surface area (Å²) in [6.45, 7) is 8.36. The van der Waals surface area contributed by atoms with E-state index in [2.05, 4.69) is 0 Å². The molecule has 0 saturated carbocycles. The Morgan fingerprint density at radius 3 is 1.93 bits per heavy atom. The number of aliphatic hydroxyl groups is 2. The van der Waals surface area contributed by atoms with Crippen LogP contribution in [-0.2, 0) is 9.47 Å². The quantitative estimate of drug-likeness (QED) is 0.635. The molecule has 0 saturated heterocycles. The van der Waals surface area contributed by atoms with Crippen LogP contribution in [0.5, 0.6) is 0 Å². The average Bonchev–Trinajstić information content (AvgIpc) is 2.21. The van der Waals surface area contributed by atoms with Gasteiger partial charge in [0.15, 0.2) is 0 Å². The van der Waals surface area contributed by atoms with Gasteiger partial charge < -0.3 is 19.7 Å². The van der Waals surface area contributed by atoms with E-state index in [1.54, 1.807) is 6.92 Å². The normalized spacial score (nSPS) is 17.8. The van der Waals surface area contributed by atoms with Gasteiger partial charge in [-0.15, -0.1) is 0 Å². The number of rotatable bonds is 8. The van der Waals surface area contributed by atoms with Crippen LogP contribution in [0.2, 0.25) is 0 Å². The van der Waals surface area contributed by atoms with Gasteiger partial charge in [0.2, 0.25) is 0 Å². The van der Waals surface area contributed by atoms with Crippen molar-refractivity contribution in [3.8, 4) is 0 Å². The van der Waals surface area contributed by atoms with Crippen molar-refractivity contribution in [3.63, 3.8) is 0 Å². The second kappa shape index (κ2) is 8.05. The Hall–Kier alpha value is -0.160. The highest BCUT2D eigenvalue weighted by molar-refractivity contribution is 4.60. The molecule has 0 spiro atoms. The Morgan fingerprint density at radius 1 is 0.933 bits per heavy atom. The minimum Gasteiger partial charge on any atom is -0.394 e. The molecule has 0 rings (SSSR count). The topological polar surface area (TPSA) is 58.9 Å². The van der Waals surface area contributed by atoms with Crippen LogP contribution in [0.15, 0.2) is 0 Å². The molecule has 0 heterocycles. The molecule has 0 amide bonds. The minimum atomic E-state index is -0.428. The summed E-state index contributed by atoms with van der Waals surface area (Å²) in [7, 11) is 0. The molecule has 0 aliphatic rings. The largest absolute Gasteiger partial charge is 0.394 e. The van der Waals surface area contributed by atoms with Crippen LogP contribution in [0.3, 0.4) is 0 Å². The lowest BCUT2D eigenvalue weighted by Gasteiger charge is -2.19. The van der Waals surface area contributed by atoms with Crippen molar-refractivity contribution in [2.45, 2.75) is 46.0 Å². The van der Waals surface area contributed by atoms with Crippen molar-refractivity contribution in [1.82, 2.24) is 0 Å². The summed E-state index contributed by atoms with van der Waals surface area (Å²) in [6.07, 6.45) is -0.652. The molecule has 92 valence electrons. The van der Waals surface area contributed by atoms with Gasteiger partial charge in [0, 0.05) is 0 Å². The zero-order valence-corrected chi connectivity index (χ0v) is 10.1. The monoisotopic (exact) mass is 220 g/mol. The van der Waals surface area contributed by atoms with Crippen LogP contribution in [0.4, 0.5) is 0 Å². The zero-order valence-electron chi connectivity index (χ0n) is 10.1. The second-order valence-electron chi connectivity index (χ2n) is 4.28. The highest BCUT2D eigenvalue weighted by Crippen LogP contribution is 2.04. The first-order chi connectivity index (χ1) is 6.97. The Bertz CT molecular complexity index is 150. The number of hydrogen-bond donors (Lipinski definition) is 2. The fourth-order valence-corrected chi connectivity index (χ4v) is 0.856. The lowest BCUT2D eigenvalue weighted by atomic mass is 10.1. The van der Waals surface area contributed by atoms with Crippen molar-refractivity contribution in [2.24, 2.45) is 5.92 Å². The molecule has 0 bridgehead atoms. The third-order valence-electron chi connectivity index (χ3n) is 2.19. The van der Waals surface area contributed by atoms with Gasteiger partial charge in [0.25, 0.3) is 0 Å². The lowest BCUT2D eigenvalue weighted by Crippen LogP contribution is -2.28. The molecule has 0 aromatic rings. The first-order valence-corrected chi connectivity index (χ1v) is 5.49. The number of aliphatic hydroxyl groups excluding tert-OH is 2. The molecule has 2 N–H and O–H groups in total. The van der Waals surface area contributed by atoms with Gasteiger partial charge in [-0.25, -0.2) is 0 Å². The van der Waals surface area contributed by atoms with Gasteiger partial charge in [-0.05, 0) is 19.8 Å². The summed E-state index contributed by atoms with van der Waals surface area (Å²) in [4.78, 5) is 0. The molecule has 15 heavy (non-hydrogen) atoms. The van der Waals surface area contributed by atoms with Crippen molar-refractivity contribution in [2.75, 3.05) is 19.8 Å². The van der Waals surface area contributed by atoms with E-state index in [0.717, 1.165) is 0 Å². The van der Waals surface area contributed by atoms with E-state index < -0.39 is 6.10 Å². The molecule has 4 heteroatoms. The third kappa shape index (κ3) is 7.73. The van der Waals surface area contributed by atoms with Crippen molar-refractivity contribution in [1.29, 1.82) is 0 Å². The molecule has 0 aliphatic heterocycles. The van der Waals surface area contributed by atoms with Gasteiger partial charge in [-0.2, -0.15) is 0 Å². The average molecular weight is 220 g/mol. The number of hydrogen-bond acceptors (Lipinski definition) is 4. The van der Waals surface area contributed by atoms with E-state index in [4.69, 9.17) is 14.6 Å². The Labute approximate surface area is 92.2 Å².